The molecule has 0 atom stereocenters. The van der Waals surface area contributed by atoms with Gasteiger partial charge in [-0.05, 0) is 49.9 Å². The molecule has 1 aliphatic rings. The lowest BCUT2D eigenvalue weighted by molar-refractivity contribution is -0.117. The highest BCUT2D eigenvalue weighted by molar-refractivity contribution is 7.89. The van der Waals surface area contributed by atoms with Crippen LogP contribution in [0.1, 0.15) is 39.5 Å². The summed E-state index contributed by atoms with van der Waals surface area (Å²) in [5, 5.41) is 6.30. The van der Waals surface area contributed by atoms with Crippen LogP contribution in [0.3, 0.4) is 0 Å². The SMILES string of the molecule is CCC(CC)NS(=O)(=O)c1ccc(NC2CCN(CC(=O)Nc3ccccc3)CC2)nc1. The first kappa shape index (κ1) is 24.2. The largest absolute Gasteiger partial charge is 0.367 e. The number of benzene rings is 1. The fourth-order valence-corrected chi connectivity index (χ4v) is 5.08. The van der Waals surface area contributed by atoms with Gasteiger partial charge in [0.15, 0.2) is 0 Å². The van der Waals surface area contributed by atoms with Crippen molar-refractivity contribution in [2.75, 3.05) is 30.3 Å². The number of piperidine rings is 1. The number of sulfonamides is 1. The van der Waals surface area contributed by atoms with Crippen molar-refractivity contribution in [2.45, 2.75) is 56.5 Å². The third-order valence-corrected chi connectivity index (χ3v) is 7.22. The summed E-state index contributed by atoms with van der Waals surface area (Å²) in [5.41, 5.74) is 0.806. The van der Waals surface area contributed by atoms with Crippen LogP contribution in [0.2, 0.25) is 0 Å². The van der Waals surface area contributed by atoms with Gasteiger partial charge >= 0.3 is 0 Å². The maximum absolute atomic E-state index is 12.5. The van der Waals surface area contributed by atoms with E-state index in [9.17, 15) is 13.2 Å². The van der Waals surface area contributed by atoms with Crippen LogP contribution >= 0.6 is 0 Å². The molecule has 1 aromatic heterocycles. The zero-order chi connectivity index (χ0) is 23.0. The van der Waals surface area contributed by atoms with E-state index in [0.29, 0.717) is 12.4 Å². The fourth-order valence-electron chi connectivity index (χ4n) is 3.74. The van der Waals surface area contributed by atoms with Gasteiger partial charge in [-0.2, -0.15) is 0 Å². The van der Waals surface area contributed by atoms with E-state index in [-0.39, 0.29) is 22.9 Å². The predicted molar refractivity (Wildman–Crippen MR) is 127 cm³/mol. The van der Waals surface area contributed by atoms with Crippen molar-refractivity contribution in [1.29, 1.82) is 0 Å². The summed E-state index contributed by atoms with van der Waals surface area (Å²) in [6.45, 7) is 5.92. The molecule has 174 valence electrons. The summed E-state index contributed by atoms with van der Waals surface area (Å²) in [6, 6.07) is 12.9. The lowest BCUT2D eigenvalue weighted by atomic mass is 10.1. The van der Waals surface area contributed by atoms with Gasteiger partial charge in [-0.1, -0.05) is 32.0 Å². The van der Waals surface area contributed by atoms with Crippen LogP contribution in [-0.2, 0) is 14.8 Å². The first-order valence-corrected chi connectivity index (χ1v) is 12.7. The molecule has 3 N–H and O–H groups in total. The van der Waals surface area contributed by atoms with Gasteiger partial charge < -0.3 is 10.6 Å². The van der Waals surface area contributed by atoms with Gasteiger partial charge in [0.2, 0.25) is 15.9 Å². The summed E-state index contributed by atoms with van der Waals surface area (Å²) >= 11 is 0. The number of aromatic nitrogens is 1. The second kappa shape index (κ2) is 11.4. The molecule has 2 heterocycles. The number of nitrogens with one attached hydrogen (secondary N) is 3. The number of carbonyl (C=O) groups excluding carboxylic acids is 1. The Morgan fingerprint density at radius 1 is 1.09 bits per heavy atom. The first-order valence-electron chi connectivity index (χ1n) is 11.2. The summed E-state index contributed by atoms with van der Waals surface area (Å²) in [4.78, 5) is 18.9. The van der Waals surface area contributed by atoms with Crippen molar-refractivity contribution in [3.05, 3.63) is 48.7 Å². The van der Waals surface area contributed by atoms with Gasteiger partial charge in [-0.3, -0.25) is 9.69 Å². The Morgan fingerprint density at radius 3 is 2.38 bits per heavy atom. The van der Waals surface area contributed by atoms with E-state index in [1.165, 1.54) is 6.20 Å². The first-order chi connectivity index (χ1) is 15.4. The Kier molecular flexibility index (Phi) is 8.60. The van der Waals surface area contributed by atoms with Crippen LogP contribution in [-0.4, -0.2) is 55.9 Å². The third kappa shape index (κ3) is 7.01. The molecule has 0 radical (unpaired) electrons. The van der Waals surface area contributed by atoms with E-state index in [4.69, 9.17) is 0 Å². The Hall–Kier alpha value is -2.49. The van der Waals surface area contributed by atoms with Gasteiger partial charge in [0.1, 0.15) is 10.7 Å². The van der Waals surface area contributed by atoms with Crippen molar-refractivity contribution in [3.63, 3.8) is 0 Å². The second-order valence-electron chi connectivity index (χ2n) is 8.12. The molecule has 32 heavy (non-hydrogen) atoms. The Morgan fingerprint density at radius 2 is 1.78 bits per heavy atom. The molecular formula is C23H33N5O3S. The fraction of sp³-hybridized carbons (Fsp3) is 0.478. The number of nitrogens with zero attached hydrogens (tertiary/aromatic N) is 2. The summed E-state index contributed by atoms with van der Waals surface area (Å²) < 4.78 is 27.7. The van der Waals surface area contributed by atoms with Gasteiger partial charge in [0.05, 0.1) is 6.54 Å². The highest BCUT2D eigenvalue weighted by atomic mass is 32.2. The number of hydrogen-bond acceptors (Lipinski definition) is 6. The average Bonchev–Trinajstić information content (AvgIpc) is 2.80. The molecule has 9 heteroatoms. The minimum absolute atomic E-state index is 0.0110. The van der Waals surface area contributed by atoms with Crippen molar-refractivity contribution < 1.29 is 13.2 Å². The van der Waals surface area contributed by atoms with Crippen molar-refractivity contribution in [2.24, 2.45) is 0 Å². The monoisotopic (exact) mass is 459 g/mol. The molecule has 3 rings (SSSR count). The van der Waals surface area contributed by atoms with Crippen molar-refractivity contribution >= 4 is 27.4 Å². The molecule has 2 aromatic rings. The van der Waals surface area contributed by atoms with Crippen molar-refractivity contribution in [1.82, 2.24) is 14.6 Å². The molecule has 1 aromatic carbocycles. The molecular weight excluding hydrogens is 426 g/mol. The minimum Gasteiger partial charge on any atom is -0.367 e. The number of amides is 1. The molecule has 1 saturated heterocycles. The summed E-state index contributed by atoms with van der Waals surface area (Å²) in [7, 11) is -3.56. The smallest absolute Gasteiger partial charge is 0.242 e. The molecule has 1 fully saturated rings. The second-order valence-corrected chi connectivity index (χ2v) is 9.84. The van der Waals surface area contributed by atoms with E-state index in [0.717, 1.165) is 44.5 Å². The number of para-hydroxylation sites is 1. The highest BCUT2D eigenvalue weighted by Gasteiger charge is 2.22. The predicted octanol–water partition coefficient (Wildman–Crippen LogP) is 3.06. The maximum Gasteiger partial charge on any atom is 0.242 e. The highest BCUT2D eigenvalue weighted by Crippen LogP contribution is 2.17. The number of anilines is 2. The van der Waals surface area contributed by atoms with Gasteiger partial charge in [-0.25, -0.2) is 18.1 Å². The summed E-state index contributed by atoms with van der Waals surface area (Å²) in [5.74, 6) is 0.648. The lowest BCUT2D eigenvalue weighted by Gasteiger charge is -2.32. The quantitative estimate of drug-likeness (QED) is 0.505. The van der Waals surface area contributed by atoms with Crippen LogP contribution in [0.4, 0.5) is 11.5 Å². The van der Waals surface area contributed by atoms with Crippen LogP contribution in [0.15, 0.2) is 53.6 Å². The molecule has 0 saturated carbocycles. The van der Waals surface area contributed by atoms with E-state index < -0.39 is 10.0 Å². The maximum atomic E-state index is 12.5. The van der Waals surface area contributed by atoms with E-state index in [1.807, 2.05) is 44.2 Å². The lowest BCUT2D eigenvalue weighted by Crippen LogP contribution is -2.42. The molecule has 0 aliphatic carbocycles. The third-order valence-electron chi connectivity index (χ3n) is 5.72. The van der Waals surface area contributed by atoms with Gasteiger partial charge in [0.25, 0.3) is 0 Å². The van der Waals surface area contributed by atoms with Crippen LogP contribution < -0.4 is 15.4 Å². The zero-order valence-corrected chi connectivity index (χ0v) is 19.6. The Labute approximate surface area is 190 Å². The van der Waals surface area contributed by atoms with Crippen LogP contribution in [0.5, 0.6) is 0 Å². The molecule has 0 spiro atoms. The van der Waals surface area contributed by atoms with E-state index >= 15 is 0 Å². The molecule has 1 aliphatic heterocycles. The van der Waals surface area contributed by atoms with Gasteiger partial charge in [0, 0.05) is 37.1 Å². The molecule has 0 bridgehead atoms. The summed E-state index contributed by atoms with van der Waals surface area (Å²) in [6.07, 6.45) is 4.66. The number of pyridine rings is 1. The normalized spacial score (nSPS) is 15.6. The van der Waals surface area contributed by atoms with E-state index in [2.05, 4.69) is 25.2 Å². The van der Waals surface area contributed by atoms with Crippen molar-refractivity contribution in [3.8, 4) is 0 Å². The Bertz CT molecular complexity index is 955. The number of rotatable bonds is 10. The standard InChI is InChI=1S/C23H33N5O3S/c1-3-18(4-2)27-32(30,31)21-10-11-22(24-16-21)25-20-12-14-28(15-13-20)17-23(29)26-19-8-6-5-7-9-19/h5-11,16,18,20,27H,3-4,12-15,17H2,1-2H3,(H,24,25)(H,26,29). The number of hydrogen-bond donors (Lipinski definition) is 3. The number of carbonyl (C=O) groups is 1. The minimum atomic E-state index is -3.56. The molecule has 8 nitrogen and oxygen atoms in total. The molecule has 0 unspecified atom stereocenters. The topological polar surface area (TPSA) is 103 Å². The average molecular weight is 460 g/mol. The van der Waals surface area contributed by atoms with E-state index in [1.54, 1.807) is 12.1 Å². The zero-order valence-electron chi connectivity index (χ0n) is 18.8. The molecule has 1 amide bonds. The van der Waals surface area contributed by atoms with Crippen LogP contribution in [0.25, 0.3) is 0 Å². The van der Waals surface area contributed by atoms with Crippen LogP contribution in [0, 0.1) is 0 Å². The van der Waals surface area contributed by atoms with Gasteiger partial charge in [-0.15, -0.1) is 0 Å². The Balaban J connectivity index is 1.45. The number of likely N-dealkylation sites (tertiary alicyclic amines) is 1.